The van der Waals surface area contributed by atoms with Gasteiger partial charge >= 0.3 is 0 Å². The molecule has 0 radical (unpaired) electrons. The van der Waals surface area contributed by atoms with E-state index in [0.717, 1.165) is 46.3 Å². The number of aromatic nitrogens is 1. The number of aliphatic hydroxyl groups is 1. The molecule has 3 N–H and O–H groups in total. The second-order valence-corrected chi connectivity index (χ2v) is 16.9. The summed E-state index contributed by atoms with van der Waals surface area (Å²) in [6.07, 6.45) is 17.2. The standard InChI is InChI=1S/C40H63BrN4O4S/c1-29(31-21-23-32(24-22-31)36-30(2)42-28-50-36)43-38(48)34-26-33(46)27-45(34)39(49)37(40(3,4)5)44-35(47)20-18-16-14-12-10-8-6-7-9-11-13-15-17-19-25-41/h21-24,28-29,33-34,37,46H,6-20,25-27H2,1-5H3,(H,43,48)(H,44,47)/t29?,33-,34+,37?/m1/s1. The van der Waals surface area contributed by atoms with Gasteiger partial charge in [-0.15, -0.1) is 11.3 Å². The van der Waals surface area contributed by atoms with Crippen molar-refractivity contribution in [3.63, 3.8) is 0 Å². The molecule has 50 heavy (non-hydrogen) atoms. The Morgan fingerprint density at radius 1 is 0.900 bits per heavy atom. The number of halogens is 1. The van der Waals surface area contributed by atoms with E-state index < -0.39 is 23.6 Å². The first-order chi connectivity index (χ1) is 23.9. The van der Waals surface area contributed by atoms with Crippen molar-refractivity contribution >= 4 is 45.0 Å². The molecule has 2 aromatic rings. The van der Waals surface area contributed by atoms with Gasteiger partial charge in [0.15, 0.2) is 0 Å². The number of aryl methyl sites for hydroxylation is 1. The summed E-state index contributed by atoms with van der Waals surface area (Å²) in [5, 5.41) is 17.7. The van der Waals surface area contributed by atoms with Crippen LogP contribution in [-0.4, -0.2) is 62.8 Å². The summed E-state index contributed by atoms with van der Waals surface area (Å²) >= 11 is 5.09. The van der Waals surface area contributed by atoms with E-state index in [2.05, 4.69) is 31.5 Å². The normalized spacial score (nSPS) is 17.5. The number of hydrogen-bond acceptors (Lipinski definition) is 6. The van der Waals surface area contributed by atoms with E-state index in [9.17, 15) is 19.5 Å². The van der Waals surface area contributed by atoms with Crippen LogP contribution in [0.2, 0.25) is 0 Å². The highest BCUT2D eigenvalue weighted by Crippen LogP contribution is 2.30. The molecule has 10 heteroatoms. The number of hydrogen-bond donors (Lipinski definition) is 3. The van der Waals surface area contributed by atoms with E-state index >= 15 is 0 Å². The number of carbonyl (C=O) groups excluding carboxylic acids is 3. The molecule has 1 aliphatic heterocycles. The van der Waals surface area contributed by atoms with Crippen LogP contribution in [0.15, 0.2) is 29.8 Å². The monoisotopic (exact) mass is 774 g/mol. The average molecular weight is 776 g/mol. The summed E-state index contributed by atoms with van der Waals surface area (Å²) in [5.41, 5.74) is 4.28. The summed E-state index contributed by atoms with van der Waals surface area (Å²) in [6, 6.07) is 6.15. The third-order valence-electron chi connectivity index (χ3n) is 9.85. The van der Waals surface area contributed by atoms with Gasteiger partial charge in [-0.25, -0.2) is 4.98 Å². The Balaban J connectivity index is 1.41. The third-order valence-corrected chi connectivity index (χ3v) is 11.4. The Hall–Kier alpha value is -2.30. The van der Waals surface area contributed by atoms with Crippen molar-refractivity contribution in [2.24, 2.45) is 5.41 Å². The minimum absolute atomic E-state index is 0.0638. The first kappa shape index (κ1) is 42.1. The number of carbonyl (C=O) groups is 3. The van der Waals surface area contributed by atoms with Gasteiger partial charge in [0.05, 0.1) is 28.2 Å². The smallest absolute Gasteiger partial charge is 0.246 e. The van der Waals surface area contributed by atoms with Crippen LogP contribution in [0.5, 0.6) is 0 Å². The van der Waals surface area contributed by atoms with Gasteiger partial charge in [-0.1, -0.05) is 138 Å². The number of rotatable bonds is 22. The van der Waals surface area contributed by atoms with Crippen molar-refractivity contribution in [1.29, 1.82) is 0 Å². The van der Waals surface area contributed by atoms with Crippen LogP contribution < -0.4 is 10.6 Å². The van der Waals surface area contributed by atoms with Gasteiger partial charge in [0.25, 0.3) is 0 Å². The summed E-state index contributed by atoms with van der Waals surface area (Å²) in [7, 11) is 0. The molecule has 0 spiro atoms. The number of unbranched alkanes of at least 4 members (excludes halogenated alkanes) is 13. The molecule has 2 unspecified atom stereocenters. The number of nitrogens with zero attached hydrogens (tertiary/aromatic N) is 2. The highest BCUT2D eigenvalue weighted by Gasteiger charge is 2.44. The predicted octanol–water partition coefficient (Wildman–Crippen LogP) is 9.03. The first-order valence-electron chi connectivity index (χ1n) is 19.1. The molecule has 3 amide bonds. The molecule has 280 valence electrons. The molecule has 0 aliphatic carbocycles. The maximum Gasteiger partial charge on any atom is 0.246 e. The molecular weight excluding hydrogens is 712 g/mol. The summed E-state index contributed by atoms with van der Waals surface area (Å²) < 4.78 is 0. The van der Waals surface area contributed by atoms with Crippen LogP contribution in [0, 0.1) is 12.3 Å². The maximum absolute atomic E-state index is 13.9. The number of benzene rings is 1. The maximum atomic E-state index is 13.9. The van der Waals surface area contributed by atoms with E-state index in [1.54, 1.807) is 11.3 Å². The number of nitrogens with one attached hydrogen (secondary N) is 2. The lowest BCUT2D eigenvalue weighted by Crippen LogP contribution is -2.57. The summed E-state index contributed by atoms with van der Waals surface area (Å²) in [4.78, 5) is 47.4. The quantitative estimate of drug-likeness (QED) is 0.0817. The fourth-order valence-corrected chi connectivity index (χ4v) is 7.96. The Bertz CT molecular complexity index is 1310. The second-order valence-electron chi connectivity index (χ2n) is 15.3. The lowest BCUT2D eigenvalue weighted by molar-refractivity contribution is -0.144. The van der Waals surface area contributed by atoms with Crippen LogP contribution in [0.3, 0.4) is 0 Å². The van der Waals surface area contributed by atoms with Gasteiger partial charge in [-0.2, -0.15) is 0 Å². The zero-order valence-corrected chi connectivity index (χ0v) is 33.7. The molecule has 0 bridgehead atoms. The largest absolute Gasteiger partial charge is 0.391 e. The fourth-order valence-electron chi connectivity index (χ4n) is 6.75. The zero-order valence-electron chi connectivity index (χ0n) is 31.3. The Labute approximate surface area is 314 Å². The lowest BCUT2D eigenvalue weighted by atomic mass is 9.85. The Morgan fingerprint density at radius 3 is 1.94 bits per heavy atom. The molecule has 2 heterocycles. The van der Waals surface area contributed by atoms with Gasteiger partial charge in [-0.05, 0) is 43.2 Å². The van der Waals surface area contributed by atoms with Gasteiger partial charge in [0, 0.05) is 24.7 Å². The summed E-state index contributed by atoms with van der Waals surface area (Å²) in [5.74, 6) is -0.772. The van der Waals surface area contributed by atoms with E-state index in [1.165, 1.54) is 75.5 Å². The third kappa shape index (κ3) is 14.0. The van der Waals surface area contributed by atoms with Gasteiger partial charge in [0.1, 0.15) is 12.1 Å². The van der Waals surface area contributed by atoms with Crippen molar-refractivity contribution in [3.8, 4) is 10.4 Å². The summed E-state index contributed by atoms with van der Waals surface area (Å²) in [6.45, 7) is 9.73. The van der Waals surface area contributed by atoms with Crippen molar-refractivity contribution < 1.29 is 19.5 Å². The van der Waals surface area contributed by atoms with Gasteiger partial charge in [0.2, 0.25) is 17.7 Å². The van der Waals surface area contributed by atoms with Crippen LogP contribution >= 0.6 is 27.3 Å². The molecule has 1 fully saturated rings. The van der Waals surface area contributed by atoms with Crippen molar-refractivity contribution in [3.05, 3.63) is 41.0 Å². The fraction of sp³-hybridized carbons (Fsp3) is 0.700. The highest BCUT2D eigenvalue weighted by molar-refractivity contribution is 9.09. The molecule has 3 rings (SSSR count). The van der Waals surface area contributed by atoms with Gasteiger partial charge < -0.3 is 20.6 Å². The molecule has 1 aliphatic rings. The molecular formula is C40H63BrN4O4S. The predicted molar refractivity (Wildman–Crippen MR) is 209 cm³/mol. The average Bonchev–Trinajstić information content (AvgIpc) is 3.69. The Kier molecular flexibility index (Phi) is 18.5. The van der Waals surface area contributed by atoms with Crippen LogP contribution in [0.1, 0.15) is 148 Å². The van der Waals surface area contributed by atoms with Gasteiger partial charge in [-0.3, -0.25) is 14.4 Å². The van der Waals surface area contributed by atoms with Crippen LogP contribution in [0.25, 0.3) is 10.4 Å². The molecule has 8 nitrogen and oxygen atoms in total. The molecule has 4 atom stereocenters. The molecule has 1 saturated heterocycles. The SMILES string of the molecule is Cc1ncsc1-c1ccc(C(C)NC(=O)[C@@H]2C[C@@H](O)CN2C(=O)C(NC(=O)CCCCCCCCCCCCCCCCBr)C(C)(C)C)cc1. The molecule has 1 aromatic carbocycles. The second kappa shape index (κ2) is 21.9. The van der Waals surface area contributed by atoms with E-state index in [1.807, 2.05) is 64.4 Å². The van der Waals surface area contributed by atoms with E-state index in [0.29, 0.717) is 6.42 Å². The number of amides is 3. The number of alkyl halides is 1. The first-order valence-corrected chi connectivity index (χ1v) is 21.1. The zero-order chi connectivity index (χ0) is 36.5. The van der Waals surface area contributed by atoms with Crippen LogP contribution in [0.4, 0.5) is 0 Å². The van der Waals surface area contributed by atoms with Crippen molar-refractivity contribution in [2.45, 2.75) is 162 Å². The van der Waals surface area contributed by atoms with Crippen LogP contribution in [-0.2, 0) is 14.4 Å². The number of likely N-dealkylation sites (tertiary alicyclic amines) is 1. The van der Waals surface area contributed by atoms with E-state index in [4.69, 9.17) is 0 Å². The Morgan fingerprint density at radius 2 is 1.44 bits per heavy atom. The number of β-amino-alcohol motifs (C(OH)–C–C–N with tert-alkyl or cyclic N) is 1. The lowest BCUT2D eigenvalue weighted by Gasteiger charge is -2.35. The topological polar surface area (TPSA) is 112 Å². The number of aliphatic hydroxyl groups excluding tert-OH is 1. The highest BCUT2D eigenvalue weighted by atomic mass is 79.9. The molecule has 1 aromatic heterocycles. The van der Waals surface area contributed by atoms with Crippen molar-refractivity contribution in [2.75, 3.05) is 11.9 Å². The van der Waals surface area contributed by atoms with Crippen molar-refractivity contribution in [1.82, 2.24) is 20.5 Å². The van der Waals surface area contributed by atoms with E-state index in [-0.39, 0.29) is 36.7 Å². The minimum atomic E-state index is -0.810. The minimum Gasteiger partial charge on any atom is -0.391 e. The molecule has 0 saturated carbocycles. The number of thiazole rings is 1.